The molecule has 0 saturated carbocycles. The zero-order chi connectivity index (χ0) is 10.9. The monoisotopic (exact) mass is 207 g/mol. The predicted octanol–water partition coefficient (Wildman–Crippen LogP) is 1.05. The summed E-state index contributed by atoms with van der Waals surface area (Å²) >= 11 is 0. The summed E-state index contributed by atoms with van der Waals surface area (Å²) in [7, 11) is 3.50. The zero-order valence-electron chi connectivity index (χ0n) is 9.21. The molecule has 0 spiro atoms. The van der Waals surface area contributed by atoms with Gasteiger partial charge >= 0.3 is 0 Å². The number of hydrogen-bond donors (Lipinski definition) is 2. The maximum absolute atomic E-state index is 10.4. The van der Waals surface area contributed by atoms with Crippen molar-refractivity contribution in [2.24, 2.45) is 0 Å². The second-order valence-corrected chi connectivity index (χ2v) is 4.08. The van der Waals surface area contributed by atoms with E-state index in [1.165, 1.54) is 5.56 Å². The average Bonchev–Trinajstić information content (AvgIpc) is 2.57. The van der Waals surface area contributed by atoms with Crippen LogP contribution in [0.5, 0.6) is 5.75 Å². The van der Waals surface area contributed by atoms with Crippen LogP contribution >= 0.6 is 0 Å². The van der Waals surface area contributed by atoms with E-state index >= 15 is 0 Å². The number of nitrogens with one attached hydrogen (secondary N) is 1. The van der Waals surface area contributed by atoms with Crippen LogP contribution in [-0.2, 0) is 12.0 Å². The molecule has 0 amide bonds. The molecule has 15 heavy (non-hydrogen) atoms. The van der Waals surface area contributed by atoms with Gasteiger partial charge < -0.3 is 15.2 Å². The molecule has 0 aromatic heterocycles. The van der Waals surface area contributed by atoms with Gasteiger partial charge in [-0.3, -0.25) is 0 Å². The Kier molecular flexibility index (Phi) is 2.67. The van der Waals surface area contributed by atoms with E-state index in [0.717, 1.165) is 24.2 Å². The highest BCUT2D eigenvalue weighted by Gasteiger charge is 2.36. The smallest absolute Gasteiger partial charge is 0.119 e. The van der Waals surface area contributed by atoms with Crippen molar-refractivity contribution in [1.82, 2.24) is 5.32 Å². The highest BCUT2D eigenvalue weighted by atomic mass is 16.5. The van der Waals surface area contributed by atoms with Crippen LogP contribution in [0.1, 0.15) is 17.5 Å². The van der Waals surface area contributed by atoms with Crippen LogP contribution in [0.4, 0.5) is 0 Å². The molecule has 1 atom stereocenters. The molecule has 82 valence electrons. The van der Waals surface area contributed by atoms with Crippen LogP contribution in [0, 0.1) is 0 Å². The molecule has 0 fully saturated rings. The Labute approximate surface area is 90.1 Å². The third-order valence-corrected chi connectivity index (χ3v) is 3.10. The number of methoxy groups -OCH3 is 1. The average molecular weight is 207 g/mol. The molecular weight excluding hydrogens is 190 g/mol. The molecule has 1 aromatic carbocycles. The van der Waals surface area contributed by atoms with Crippen LogP contribution in [0.2, 0.25) is 0 Å². The number of aryl methyl sites for hydroxylation is 1. The van der Waals surface area contributed by atoms with Gasteiger partial charge in [-0.15, -0.1) is 0 Å². The van der Waals surface area contributed by atoms with Crippen molar-refractivity contribution in [1.29, 1.82) is 0 Å². The first-order valence-corrected chi connectivity index (χ1v) is 5.24. The van der Waals surface area contributed by atoms with E-state index in [0.29, 0.717) is 6.54 Å². The number of hydrogen-bond acceptors (Lipinski definition) is 3. The predicted molar refractivity (Wildman–Crippen MR) is 59.1 cm³/mol. The van der Waals surface area contributed by atoms with Gasteiger partial charge in [-0.05, 0) is 43.1 Å². The third-order valence-electron chi connectivity index (χ3n) is 3.10. The topological polar surface area (TPSA) is 41.5 Å². The number of benzene rings is 1. The van der Waals surface area contributed by atoms with E-state index in [9.17, 15) is 5.11 Å². The number of aliphatic hydroxyl groups is 1. The molecule has 0 saturated heterocycles. The summed E-state index contributed by atoms with van der Waals surface area (Å²) < 4.78 is 5.18. The Morgan fingerprint density at radius 2 is 2.33 bits per heavy atom. The van der Waals surface area contributed by atoms with Gasteiger partial charge in [-0.2, -0.15) is 0 Å². The summed E-state index contributed by atoms with van der Waals surface area (Å²) in [4.78, 5) is 0. The molecule has 2 N–H and O–H groups in total. The van der Waals surface area contributed by atoms with Crippen LogP contribution in [-0.4, -0.2) is 25.8 Å². The summed E-state index contributed by atoms with van der Waals surface area (Å²) in [6, 6.07) is 5.94. The normalized spacial score (nSPS) is 23.9. The van der Waals surface area contributed by atoms with Crippen LogP contribution in [0.15, 0.2) is 18.2 Å². The molecule has 0 aliphatic heterocycles. The van der Waals surface area contributed by atoms with Gasteiger partial charge in [0.1, 0.15) is 11.4 Å². The van der Waals surface area contributed by atoms with Gasteiger partial charge in [-0.1, -0.05) is 6.07 Å². The third kappa shape index (κ3) is 1.73. The minimum atomic E-state index is -0.724. The van der Waals surface area contributed by atoms with Crippen molar-refractivity contribution in [3.8, 4) is 5.75 Å². The van der Waals surface area contributed by atoms with Crippen LogP contribution < -0.4 is 10.1 Å². The molecule has 3 heteroatoms. The summed E-state index contributed by atoms with van der Waals surface area (Å²) in [5, 5.41) is 13.5. The fraction of sp³-hybridized carbons (Fsp3) is 0.500. The maximum Gasteiger partial charge on any atom is 0.119 e. The standard InChI is InChI=1S/C12H17NO2/c1-13-8-12(14)6-5-9-3-4-10(15-2)7-11(9)12/h3-4,7,13-14H,5-6,8H2,1-2H3. The van der Waals surface area contributed by atoms with Gasteiger partial charge in [0.25, 0.3) is 0 Å². The molecule has 2 rings (SSSR count). The summed E-state index contributed by atoms with van der Waals surface area (Å²) in [5.41, 5.74) is 1.52. The Hall–Kier alpha value is -1.06. The van der Waals surface area contributed by atoms with Crippen molar-refractivity contribution in [2.45, 2.75) is 18.4 Å². The van der Waals surface area contributed by atoms with Gasteiger partial charge in [-0.25, -0.2) is 0 Å². The Balaban J connectivity index is 2.39. The van der Waals surface area contributed by atoms with E-state index in [1.54, 1.807) is 7.11 Å². The second kappa shape index (κ2) is 3.83. The molecule has 1 aliphatic carbocycles. The lowest BCUT2D eigenvalue weighted by molar-refractivity contribution is 0.0406. The zero-order valence-corrected chi connectivity index (χ0v) is 9.21. The first-order valence-electron chi connectivity index (χ1n) is 5.24. The second-order valence-electron chi connectivity index (χ2n) is 4.08. The Bertz CT molecular complexity index is 361. The van der Waals surface area contributed by atoms with E-state index < -0.39 is 5.60 Å². The molecule has 3 nitrogen and oxygen atoms in total. The molecule has 1 aromatic rings. The maximum atomic E-state index is 10.4. The van der Waals surface area contributed by atoms with Crippen molar-refractivity contribution in [3.05, 3.63) is 29.3 Å². The SMILES string of the molecule is CNCC1(O)CCc2ccc(OC)cc21. The lowest BCUT2D eigenvalue weighted by Crippen LogP contribution is -2.34. The first-order chi connectivity index (χ1) is 7.19. The van der Waals surface area contributed by atoms with Crippen molar-refractivity contribution in [2.75, 3.05) is 20.7 Å². The Morgan fingerprint density at radius 1 is 1.53 bits per heavy atom. The van der Waals surface area contributed by atoms with Gasteiger partial charge in [0.05, 0.1) is 7.11 Å². The van der Waals surface area contributed by atoms with Gasteiger partial charge in [0.2, 0.25) is 0 Å². The van der Waals surface area contributed by atoms with Crippen molar-refractivity contribution < 1.29 is 9.84 Å². The fourth-order valence-corrected chi connectivity index (χ4v) is 2.29. The van der Waals surface area contributed by atoms with Gasteiger partial charge in [0.15, 0.2) is 0 Å². The highest BCUT2D eigenvalue weighted by molar-refractivity contribution is 5.43. The van der Waals surface area contributed by atoms with E-state index in [4.69, 9.17) is 4.74 Å². The Morgan fingerprint density at radius 3 is 3.00 bits per heavy atom. The lowest BCUT2D eigenvalue weighted by Gasteiger charge is -2.23. The quantitative estimate of drug-likeness (QED) is 0.778. The molecule has 0 heterocycles. The van der Waals surface area contributed by atoms with E-state index in [-0.39, 0.29) is 0 Å². The van der Waals surface area contributed by atoms with Crippen molar-refractivity contribution >= 4 is 0 Å². The molecule has 1 aliphatic rings. The molecular formula is C12H17NO2. The number of fused-ring (bicyclic) bond motifs is 1. The van der Waals surface area contributed by atoms with Crippen LogP contribution in [0.25, 0.3) is 0 Å². The number of likely N-dealkylation sites (N-methyl/N-ethyl adjacent to an activating group) is 1. The molecule has 0 radical (unpaired) electrons. The lowest BCUT2D eigenvalue weighted by atomic mass is 9.96. The first kappa shape index (κ1) is 10.5. The summed E-state index contributed by atoms with van der Waals surface area (Å²) in [5.74, 6) is 0.810. The minimum absolute atomic E-state index is 0.590. The summed E-state index contributed by atoms with van der Waals surface area (Å²) in [6.07, 6.45) is 1.73. The van der Waals surface area contributed by atoms with E-state index in [1.807, 2.05) is 25.2 Å². The largest absolute Gasteiger partial charge is 0.497 e. The molecule has 0 bridgehead atoms. The molecule has 1 unspecified atom stereocenters. The summed E-state index contributed by atoms with van der Waals surface area (Å²) in [6.45, 7) is 0.590. The van der Waals surface area contributed by atoms with E-state index in [2.05, 4.69) is 5.32 Å². The van der Waals surface area contributed by atoms with Crippen molar-refractivity contribution in [3.63, 3.8) is 0 Å². The minimum Gasteiger partial charge on any atom is -0.497 e. The van der Waals surface area contributed by atoms with Crippen LogP contribution in [0.3, 0.4) is 0 Å². The number of ether oxygens (including phenoxy) is 1. The highest BCUT2D eigenvalue weighted by Crippen LogP contribution is 2.38. The van der Waals surface area contributed by atoms with Gasteiger partial charge in [0, 0.05) is 6.54 Å². The fourth-order valence-electron chi connectivity index (χ4n) is 2.29. The number of rotatable bonds is 3.